The van der Waals surface area contributed by atoms with Crippen LogP contribution in [0.25, 0.3) is 0 Å². The third-order valence-corrected chi connectivity index (χ3v) is 3.91. The highest BCUT2D eigenvalue weighted by Gasteiger charge is 2.35. The first-order chi connectivity index (χ1) is 8.00. The van der Waals surface area contributed by atoms with Gasteiger partial charge in [0.15, 0.2) is 0 Å². The topological polar surface area (TPSA) is 73.9 Å². The second-order valence-electron chi connectivity index (χ2n) is 5.40. The van der Waals surface area contributed by atoms with E-state index in [1.807, 2.05) is 0 Å². The number of hydrogen-bond donors (Lipinski definition) is 3. The highest BCUT2D eigenvalue weighted by atomic mass is 16.4. The molecule has 0 heterocycles. The molecule has 1 fully saturated rings. The number of nitrogens with two attached hydrogens (primary N) is 1. The van der Waals surface area contributed by atoms with Crippen molar-refractivity contribution < 1.29 is 5.21 Å². The van der Waals surface area contributed by atoms with Crippen LogP contribution in [-0.4, -0.2) is 48.2 Å². The molecule has 100 valence electrons. The van der Waals surface area contributed by atoms with Crippen LogP contribution in [0.5, 0.6) is 0 Å². The van der Waals surface area contributed by atoms with E-state index >= 15 is 0 Å². The van der Waals surface area contributed by atoms with Gasteiger partial charge in [0.2, 0.25) is 0 Å². The smallest absolute Gasteiger partial charge is 0.140 e. The molecule has 1 saturated carbocycles. The maximum Gasteiger partial charge on any atom is 0.140 e. The first-order valence-electron chi connectivity index (χ1n) is 6.37. The van der Waals surface area contributed by atoms with Gasteiger partial charge in [-0.05, 0) is 33.9 Å². The minimum atomic E-state index is 0.239. The normalized spacial score (nSPS) is 22.0. The number of nitrogens with one attached hydrogen (secondary N) is 1. The van der Waals surface area contributed by atoms with Gasteiger partial charge in [-0.3, -0.25) is 0 Å². The van der Waals surface area contributed by atoms with E-state index in [4.69, 9.17) is 10.9 Å². The van der Waals surface area contributed by atoms with Crippen molar-refractivity contribution in [3.63, 3.8) is 0 Å². The Morgan fingerprint density at radius 2 is 2.06 bits per heavy atom. The second kappa shape index (κ2) is 6.21. The molecular weight excluding hydrogens is 216 g/mol. The predicted octanol–water partition coefficient (Wildman–Crippen LogP) is 0.975. The van der Waals surface area contributed by atoms with Crippen LogP contribution in [0.3, 0.4) is 0 Å². The van der Waals surface area contributed by atoms with E-state index in [-0.39, 0.29) is 11.9 Å². The molecule has 0 aliphatic heterocycles. The van der Waals surface area contributed by atoms with Crippen molar-refractivity contribution in [2.45, 2.75) is 50.6 Å². The maximum atomic E-state index is 8.53. The zero-order valence-corrected chi connectivity index (χ0v) is 11.2. The van der Waals surface area contributed by atoms with E-state index in [9.17, 15) is 0 Å². The third-order valence-electron chi connectivity index (χ3n) is 3.91. The van der Waals surface area contributed by atoms with Crippen LogP contribution < -0.4 is 11.1 Å². The highest BCUT2D eigenvalue weighted by Crippen LogP contribution is 2.33. The average molecular weight is 242 g/mol. The summed E-state index contributed by atoms with van der Waals surface area (Å²) >= 11 is 0. The Balaban J connectivity index is 2.42. The van der Waals surface area contributed by atoms with Crippen LogP contribution >= 0.6 is 0 Å². The van der Waals surface area contributed by atoms with Crippen molar-refractivity contribution in [3.05, 3.63) is 0 Å². The Labute approximate surface area is 104 Å². The van der Waals surface area contributed by atoms with Crippen LogP contribution in [0.4, 0.5) is 0 Å². The molecule has 1 atom stereocenters. The zero-order valence-electron chi connectivity index (χ0n) is 11.2. The molecule has 1 aliphatic carbocycles. The molecule has 0 aromatic carbocycles. The molecule has 1 unspecified atom stereocenters. The Morgan fingerprint density at radius 1 is 1.47 bits per heavy atom. The van der Waals surface area contributed by atoms with E-state index < -0.39 is 0 Å². The summed E-state index contributed by atoms with van der Waals surface area (Å²) in [4.78, 5) is 2.34. The lowest BCUT2D eigenvalue weighted by Crippen LogP contribution is -2.51. The standard InChI is InChI=1S/C12H26N4O/c1-10(8-11(13)15-17)14-9-12(16(2)3)6-4-5-7-12/h10,14,17H,4-9H2,1-3H3,(H2,13,15). The molecule has 0 saturated heterocycles. The van der Waals surface area contributed by atoms with Crippen molar-refractivity contribution in [2.24, 2.45) is 10.9 Å². The molecule has 0 aromatic rings. The summed E-state index contributed by atoms with van der Waals surface area (Å²) in [5.74, 6) is 0.287. The molecule has 5 heteroatoms. The van der Waals surface area contributed by atoms with Gasteiger partial charge in [-0.25, -0.2) is 0 Å². The van der Waals surface area contributed by atoms with Gasteiger partial charge in [0, 0.05) is 24.5 Å². The number of oxime groups is 1. The monoisotopic (exact) mass is 242 g/mol. The molecule has 0 radical (unpaired) electrons. The number of amidine groups is 1. The number of rotatable bonds is 6. The first-order valence-corrected chi connectivity index (χ1v) is 6.37. The quantitative estimate of drug-likeness (QED) is 0.281. The molecule has 0 spiro atoms. The fraction of sp³-hybridized carbons (Fsp3) is 0.917. The predicted molar refractivity (Wildman–Crippen MR) is 70.4 cm³/mol. The summed E-state index contributed by atoms with van der Waals surface area (Å²) in [6, 6.07) is 0.239. The van der Waals surface area contributed by atoms with Gasteiger partial charge in [0.1, 0.15) is 5.84 Å². The first kappa shape index (κ1) is 14.3. The SMILES string of the molecule is CC(CC(N)=NO)NCC1(N(C)C)CCCC1. The lowest BCUT2D eigenvalue weighted by molar-refractivity contribution is 0.150. The molecule has 0 bridgehead atoms. The van der Waals surface area contributed by atoms with Gasteiger partial charge >= 0.3 is 0 Å². The molecular formula is C12H26N4O. The Bertz CT molecular complexity index is 259. The van der Waals surface area contributed by atoms with E-state index in [0.717, 1.165) is 6.54 Å². The summed E-state index contributed by atoms with van der Waals surface area (Å²) in [7, 11) is 4.31. The fourth-order valence-corrected chi connectivity index (χ4v) is 2.61. The molecule has 0 aromatic heterocycles. The minimum absolute atomic E-state index is 0.239. The van der Waals surface area contributed by atoms with Crippen LogP contribution in [0.1, 0.15) is 39.0 Å². The van der Waals surface area contributed by atoms with E-state index in [2.05, 4.69) is 36.4 Å². The van der Waals surface area contributed by atoms with E-state index in [1.165, 1.54) is 25.7 Å². The molecule has 0 amide bonds. The van der Waals surface area contributed by atoms with Crippen molar-refractivity contribution in [1.82, 2.24) is 10.2 Å². The zero-order chi connectivity index (χ0) is 12.9. The molecule has 17 heavy (non-hydrogen) atoms. The second-order valence-corrected chi connectivity index (χ2v) is 5.40. The lowest BCUT2D eigenvalue weighted by Gasteiger charge is -2.37. The van der Waals surface area contributed by atoms with Crippen LogP contribution in [0, 0.1) is 0 Å². The summed E-state index contributed by atoms with van der Waals surface area (Å²) in [5.41, 5.74) is 5.79. The van der Waals surface area contributed by atoms with Gasteiger partial charge in [0.25, 0.3) is 0 Å². The van der Waals surface area contributed by atoms with Gasteiger partial charge in [-0.2, -0.15) is 0 Å². The molecule has 1 aliphatic rings. The molecule has 1 rings (SSSR count). The lowest BCUT2D eigenvalue weighted by atomic mass is 9.95. The fourth-order valence-electron chi connectivity index (χ4n) is 2.61. The number of hydrogen-bond acceptors (Lipinski definition) is 4. The summed E-state index contributed by atoms with van der Waals surface area (Å²) < 4.78 is 0. The Hall–Kier alpha value is -0.810. The summed E-state index contributed by atoms with van der Waals surface area (Å²) in [6.07, 6.45) is 5.72. The van der Waals surface area contributed by atoms with E-state index in [0.29, 0.717) is 12.0 Å². The van der Waals surface area contributed by atoms with Crippen LogP contribution in [0.2, 0.25) is 0 Å². The summed E-state index contributed by atoms with van der Waals surface area (Å²) in [6.45, 7) is 3.04. The van der Waals surface area contributed by atoms with Gasteiger partial charge in [-0.1, -0.05) is 18.0 Å². The molecule has 5 nitrogen and oxygen atoms in total. The number of likely N-dealkylation sites (N-methyl/N-ethyl adjacent to an activating group) is 1. The van der Waals surface area contributed by atoms with Crippen molar-refractivity contribution in [2.75, 3.05) is 20.6 Å². The summed E-state index contributed by atoms with van der Waals surface area (Å²) in [5, 5.41) is 15.0. The Kier molecular flexibility index (Phi) is 5.21. The number of nitrogens with zero attached hydrogens (tertiary/aromatic N) is 2. The Morgan fingerprint density at radius 3 is 2.53 bits per heavy atom. The van der Waals surface area contributed by atoms with Crippen LogP contribution in [-0.2, 0) is 0 Å². The van der Waals surface area contributed by atoms with Crippen molar-refractivity contribution in [3.8, 4) is 0 Å². The van der Waals surface area contributed by atoms with Gasteiger partial charge < -0.3 is 21.2 Å². The highest BCUT2D eigenvalue weighted by molar-refractivity contribution is 5.80. The van der Waals surface area contributed by atoms with Crippen LogP contribution in [0.15, 0.2) is 5.16 Å². The third kappa shape index (κ3) is 3.85. The minimum Gasteiger partial charge on any atom is -0.409 e. The maximum absolute atomic E-state index is 8.53. The van der Waals surface area contributed by atoms with Gasteiger partial charge in [-0.15, -0.1) is 0 Å². The molecule has 4 N–H and O–H groups in total. The van der Waals surface area contributed by atoms with Crippen molar-refractivity contribution in [1.29, 1.82) is 0 Å². The largest absolute Gasteiger partial charge is 0.409 e. The van der Waals surface area contributed by atoms with Gasteiger partial charge in [0.05, 0.1) is 0 Å². The van der Waals surface area contributed by atoms with Crippen molar-refractivity contribution >= 4 is 5.84 Å². The average Bonchev–Trinajstić information content (AvgIpc) is 2.76. The van der Waals surface area contributed by atoms with E-state index in [1.54, 1.807) is 0 Å².